The summed E-state index contributed by atoms with van der Waals surface area (Å²) in [6.45, 7) is 3.10. The molecule has 0 saturated heterocycles. The fraction of sp³-hybridized carbons (Fsp3) is 0.316. The number of aromatic nitrogens is 4. The first-order chi connectivity index (χ1) is 12.7. The zero-order valence-corrected chi connectivity index (χ0v) is 15.5. The van der Waals surface area contributed by atoms with Gasteiger partial charge in [0.15, 0.2) is 5.16 Å². The number of nitrogens with one attached hydrogen (secondary N) is 1. The molecule has 1 aliphatic rings. The van der Waals surface area contributed by atoms with Gasteiger partial charge in [0.1, 0.15) is 0 Å². The Hall–Kier alpha value is -2.38. The van der Waals surface area contributed by atoms with Gasteiger partial charge >= 0.3 is 0 Å². The number of rotatable bonds is 5. The van der Waals surface area contributed by atoms with Crippen molar-refractivity contribution in [2.45, 2.75) is 31.2 Å². The van der Waals surface area contributed by atoms with Gasteiger partial charge in [0.2, 0.25) is 0 Å². The van der Waals surface area contributed by atoms with Crippen LogP contribution < -0.4 is 5.56 Å². The lowest BCUT2D eigenvalue weighted by Gasteiger charge is -2.27. The smallest absolute Gasteiger partial charge is 0.256 e. The summed E-state index contributed by atoms with van der Waals surface area (Å²) in [5.41, 5.74) is 4.13. The van der Waals surface area contributed by atoms with Gasteiger partial charge in [-0.05, 0) is 11.8 Å². The summed E-state index contributed by atoms with van der Waals surface area (Å²) >= 11 is 1.47. The molecule has 26 heavy (non-hydrogen) atoms. The normalized spacial score (nSPS) is 14.3. The summed E-state index contributed by atoms with van der Waals surface area (Å²) in [6.07, 6.45) is 6.52. The second-order valence-electron chi connectivity index (χ2n) is 6.46. The molecule has 0 radical (unpaired) electrons. The van der Waals surface area contributed by atoms with E-state index in [2.05, 4.69) is 48.7 Å². The molecule has 2 aromatic heterocycles. The zero-order chi connectivity index (χ0) is 17.9. The second-order valence-corrected chi connectivity index (χ2v) is 7.25. The first-order valence-electron chi connectivity index (χ1n) is 8.64. The number of nitrogens with zero attached hydrogens (tertiary/aromatic N) is 4. The third kappa shape index (κ3) is 3.59. The van der Waals surface area contributed by atoms with Crippen molar-refractivity contribution in [3.63, 3.8) is 0 Å². The fourth-order valence-electron chi connectivity index (χ4n) is 3.32. The first-order valence-corrected chi connectivity index (χ1v) is 9.87. The van der Waals surface area contributed by atoms with Crippen molar-refractivity contribution in [2.75, 3.05) is 12.8 Å². The Balaban J connectivity index is 1.50. The molecule has 0 aliphatic carbocycles. The summed E-state index contributed by atoms with van der Waals surface area (Å²) in [5.74, 6) is 0. The largest absolute Gasteiger partial charge is 0.329 e. The first kappa shape index (κ1) is 17.1. The van der Waals surface area contributed by atoms with Crippen molar-refractivity contribution in [3.05, 3.63) is 75.7 Å². The SMILES string of the molecule is CSc1nc2c(c(=O)[nH]1)CN(Cc1cncn1Cc1ccccc1)CC2. The summed E-state index contributed by atoms with van der Waals surface area (Å²) in [4.78, 5) is 26.4. The van der Waals surface area contributed by atoms with Gasteiger partial charge in [0, 0.05) is 38.8 Å². The Labute approximate surface area is 156 Å². The Morgan fingerprint density at radius 1 is 1.23 bits per heavy atom. The van der Waals surface area contributed by atoms with Crippen molar-refractivity contribution in [2.24, 2.45) is 0 Å². The van der Waals surface area contributed by atoms with Gasteiger partial charge in [0.25, 0.3) is 5.56 Å². The van der Waals surface area contributed by atoms with E-state index >= 15 is 0 Å². The predicted molar refractivity (Wildman–Crippen MR) is 102 cm³/mol. The standard InChI is InChI=1S/C19H21N5OS/c1-26-19-21-17-7-8-23(12-16(17)18(25)22-19)11-15-9-20-13-24(15)10-14-5-3-2-4-6-14/h2-6,9,13H,7-8,10-12H2,1H3,(H,21,22,25). The van der Waals surface area contributed by atoms with E-state index in [1.165, 1.54) is 17.3 Å². The Bertz CT molecular complexity index is 950. The molecule has 0 spiro atoms. The van der Waals surface area contributed by atoms with Crippen LogP contribution in [0.3, 0.4) is 0 Å². The number of thioether (sulfide) groups is 1. The molecule has 7 heteroatoms. The molecule has 3 aromatic rings. The van der Waals surface area contributed by atoms with Crippen molar-refractivity contribution in [1.82, 2.24) is 24.4 Å². The molecular weight excluding hydrogens is 346 g/mol. The lowest BCUT2D eigenvalue weighted by atomic mass is 10.1. The van der Waals surface area contributed by atoms with Gasteiger partial charge in [-0.1, -0.05) is 42.1 Å². The van der Waals surface area contributed by atoms with E-state index < -0.39 is 0 Å². The van der Waals surface area contributed by atoms with E-state index in [1.807, 2.05) is 24.8 Å². The van der Waals surface area contributed by atoms with E-state index in [9.17, 15) is 4.79 Å². The Morgan fingerprint density at radius 3 is 2.88 bits per heavy atom. The third-order valence-corrected chi connectivity index (χ3v) is 5.28. The minimum atomic E-state index is -0.0122. The van der Waals surface area contributed by atoms with Crippen LogP contribution in [0.25, 0.3) is 0 Å². The molecule has 0 unspecified atom stereocenters. The van der Waals surface area contributed by atoms with Crippen LogP contribution in [-0.4, -0.2) is 37.2 Å². The van der Waals surface area contributed by atoms with E-state index in [-0.39, 0.29) is 5.56 Å². The summed E-state index contributed by atoms with van der Waals surface area (Å²) in [7, 11) is 0. The van der Waals surface area contributed by atoms with Crippen molar-refractivity contribution in [1.29, 1.82) is 0 Å². The monoisotopic (exact) mass is 367 g/mol. The number of imidazole rings is 1. The number of aromatic amines is 1. The molecule has 0 atom stereocenters. The molecule has 6 nitrogen and oxygen atoms in total. The van der Waals surface area contributed by atoms with Gasteiger partial charge in [-0.3, -0.25) is 9.69 Å². The van der Waals surface area contributed by atoms with Crippen LogP contribution in [0.2, 0.25) is 0 Å². The van der Waals surface area contributed by atoms with Crippen LogP contribution in [-0.2, 0) is 26.1 Å². The van der Waals surface area contributed by atoms with Crippen LogP contribution in [0.5, 0.6) is 0 Å². The molecule has 4 rings (SSSR count). The van der Waals surface area contributed by atoms with E-state index in [1.54, 1.807) is 0 Å². The molecule has 1 aromatic carbocycles. The van der Waals surface area contributed by atoms with Crippen molar-refractivity contribution >= 4 is 11.8 Å². The quantitative estimate of drug-likeness (QED) is 0.554. The molecule has 0 fully saturated rings. The van der Waals surface area contributed by atoms with E-state index in [0.717, 1.165) is 43.0 Å². The summed E-state index contributed by atoms with van der Waals surface area (Å²) < 4.78 is 2.17. The molecule has 1 N–H and O–H groups in total. The van der Waals surface area contributed by atoms with E-state index in [4.69, 9.17) is 0 Å². The fourth-order valence-corrected chi connectivity index (χ4v) is 3.72. The Morgan fingerprint density at radius 2 is 2.08 bits per heavy atom. The van der Waals surface area contributed by atoms with Crippen LogP contribution >= 0.6 is 11.8 Å². The van der Waals surface area contributed by atoms with Gasteiger partial charge in [-0.15, -0.1) is 0 Å². The second kappa shape index (κ2) is 7.47. The van der Waals surface area contributed by atoms with Gasteiger partial charge in [-0.2, -0.15) is 0 Å². The average molecular weight is 367 g/mol. The number of benzene rings is 1. The zero-order valence-electron chi connectivity index (χ0n) is 14.7. The molecule has 1 aliphatic heterocycles. The number of H-pyrrole nitrogens is 1. The number of hydrogen-bond acceptors (Lipinski definition) is 5. The Kier molecular flexibility index (Phi) is 4.90. The maximum atomic E-state index is 12.3. The lowest BCUT2D eigenvalue weighted by Crippen LogP contribution is -2.35. The summed E-state index contributed by atoms with van der Waals surface area (Å²) in [5, 5.41) is 0.697. The van der Waals surface area contributed by atoms with Gasteiger partial charge in [0.05, 0.1) is 23.3 Å². The number of fused-ring (bicyclic) bond motifs is 1. The number of hydrogen-bond donors (Lipinski definition) is 1. The molecule has 0 bridgehead atoms. The highest BCUT2D eigenvalue weighted by Crippen LogP contribution is 2.18. The highest BCUT2D eigenvalue weighted by atomic mass is 32.2. The predicted octanol–water partition coefficient (Wildman–Crippen LogP) is 2.29. The van der Waals surface area contributed by atoms with Crippen LogP contribution in [0, 0.1) is 0 Å². The molecule has 134 valence electrons. The molecular formula is C19H21N5OS. The van der Waals surface area contributed by atoms with E-state index in [0.29, 0.717) is 11.7 Å². The van der Waals surface area contributed by atoms with Crippen LogP contribution in [0.15, 0.2) is 52.8 Å². The van der Waals surface area contributed by atoms with Crippen molar-refractivity contribution in [3.8, 4) is 0 Å². The highest BCUT2D eigenvalue weighted by Gasteiger charge is 2.22. The van der Waals surface area contributed by atoms with Gasteiger partial charge < -0.3 is 9.55 Å². The topological polar surface area (TPSA) is 66.8 Å². The summed E-state index contributed by atoms with van der Waals surface area (Å²) in [6, 6.07) is 10.4. The maximum absolute atomic E-state index is 12.3. The third-order valence-electron chi connectivity index (χ3n) is 4.70. The van der Waals surface area contributed by atoms with Crippen molar-refractivity contribution < 1.29 is 0 Å². The maximum Gasteiger partial charge on any atom is 0.256 e. The van der Waals surface area contributed by atoms with Crippen LogP contribution in [0.1, 0.15) is 22.5 Å². The molecule has 0 amide bonds. The molecule has 3 heterocycles. The minimum Gasteiger partial charge on any atom is -0.329 e. The lowest BCUT2D eigenvalue weighted by molar-refractivity contribution is 0.235. The molecule has 0 saturated carbocycles. The van der Waals surface area contributed by atoms with Gasteiger partial charge in [-0.25, -0.2) is 9.97 Å². The average Bonchev–Trinajstić information content (AvgIpc) is 3.09. The minimum absolute atomic E-state index is 0.0122. The van der Waals surface area contributed by atoms with Crippen LogP contribution in [0.4, 0.5) is 0 Å². The highest BCUT2D eigenvalue weighted by molar-refractivity contribution is 7.98.